The van der Waals surface area contributed by atoms with Gasteiger partial charge in [0, 0.05) is 0 Å². The molecular weight excluding hydrogens is 224 g/mol. The summed E-state index contributed by atoms with van der Waals surface area (Å²) in [6, 6.07) is 18.8. The highest BCUT2D eigenvalue weighted by Crippen LogP contribution is 2.17. The van der Waals surface area contributed by atoms with Gasteiger partial charge in [0.15, 0.2) is 0 Å². The van der Waals surface area contributed by atoms with E-state index in [4.69, 9.17) is 0 Å². The lowest BCUT2D eigenvalue weighted by Gasteiger charge is -2.14. The Morgan fingerprint density at radius 1 is 0.778 bits per heavy atom. The van der Waals surface area contributed by atoms with Gasteiger partial charge >= 0.3 is 0 Å². The van der Waals surface area contributed by atoms with Crippen molar-refractivity contribution in [2.24, 2.45) is 0 Å². The minimum atomic E-state index is -0.910. The van der Waals surface area contributed by atoms with Crippen LogP contribution in [0.15, 0.2) is 66.7 Å². The lowest BCUT2D eigenvalue weighted by atomic mass is 10.0. The predicted molar refractivity (Wildman–Crippen MR) is 72.9 cm³/mol. The quantitative estimate of drug-likeness (QED) is 0.862. The number of rotatable bonds is 4. The summed E-state index contributed by atoms with van der Waals surface area (Å²) < 4.78 is 0. The second kappa shape index (κ2) is 6.15. The summed E-state index contributed by atoms with van der Waals surface area (Å²) in [5.41, 5.74) is 1.71. The van der Waals surface area contributed by atoms with Crippen LogP contribution in [0.3, 0.4) is 0 Å². The Morgan fingerprint density at radius 3 is 1.94 bits per heavy atom. The molecule has 0 fully saturated rings. The van der Waals surface area contributed by atoms with Crippen LogP contribution < -0.4 is 0 Å². The molecule has 2 aromatic carbocycles. The molecular formula is C16H16O2. The lowest BCUT2D eigenvalue weighted by molar-refractivity contribution is 0.0487. The fourth-order valence-corrected chi connectivity index (χ4v) is 1.73. The summed E-state index contributed by atoms with van der Waals surface area (Å²) in [6.45, 7) is 0. The van der Waals surface area contributed by atoms with E-state index < -0.39 is 12.2 Å². The van der Waals surface area contributed by atoms with Crippen molar-refractivity contribution in [2.75, 3.05) is 0 Å². The van der Waals surface area contributed by atoms with Gasteiger partial charge in [-0.3, -0.25) is 0 Å². The fraction of sp³-hybridized carbons (Fsp3) is 0.125. The molecule has 0 aromatic heterocycles. The first-order valence-corrected chi connectivity index (χ1v) is 5.92. The van der Waals surface area contributed by atoms with E-state index in [-0.39, 0.29) is 0 Å². The van der Waals surface area contributed by atoms with Crippen molar-refractivity contribution in [3.8, 4) is 0 Å². The lowest BCUT2D eigenvalue weighted by Crippen LogP contribution is -2.15. The fourth-order valence-electron chi connectivity index (χ4n) is 1.73. The van der Waals surface area contributed by atoms with Gasteiger partial charge in [0.2, 0.25) is 0 Å². The second-order valence-electron chi connectivity index (χ2n) is 4.12. The first-order valence-electron chi connectivity index (χ1n) is 5.92. The molecule has 0 aliphatic carbocycles. The van der Waals surface area contributed by atoms with E-state index in [9.17, 15) is 10.2 Å². The maximum Gasteiger partial charge on any atom is 0.108 e. The topological polar surface area (TPSA) is 40.5 Å². The van der Waals surface area contributed by atoms with E-state index in [0.717, 1.165) is 5.56 Å². The van der Waals surface area contributed by atoms with Crippen molar-refractivity contribution in [3.05, 3.63) is 77.9 Å². The first-order chi connectivity index (χ1) is 8.77. The van der Waals surface area contributed by atoms with Crippen LogP contribution in [0.2, 0.25) is 0 Å². The van der Waals surface area contributed by atoms with E-state index in [2.05, 4.69) is 0 Å². The zero-order valence-corrected chi connectivity index (χ0v) is 9.98. The van der Waals surface area contributed by atoms with Gasteiger partial charge in [0.1, 0.15) is 12.2 Å². The molecule has 0 spiro atoms. The van der Waals surface area contributed by atoms with Gasteiger partial charge < -0.3 is 10.2 Å². The maximum absolute atomic E-state index is 9.97. The molecule has 2 N–H and O–H groups in total. The number of hydrogen-bond acceptors (Lipinski definition) is 2. The molecule has 0 aliphatic heterocycles. The molecule has 0 saturated heterocycles. The molecule has 2 atom stereocenters. The number of aliphatic hydroxyl groups excluding tert-OH is 2. The third-order valence-corrected chi connectivity index (χ3v) is 2.75. The van der Waals surface area contributed by atoms with Crippen LogP contribution in [0.1, 0.15) is 17.2 Å². The Labute approximate surface area is 107 Å². The number of benzene rings is 2. The van der Waals surface area contributed by atoms with Gasteiger partial charge in [0.05, 0.1) is 0 Å². The van der Waals surface area contributed by atoms with Gasteiger partial charge in [-0.25, -0.2) is 0 Å². The van der Waals surface area contributed by atoms with E-state index in [1.807, 2.05) is 48.5 Å². The van der Waals surface area contributed by atoms with E-state index in [1.165, 1.54) is 0 Å². The van der Waals surface area contributed by atoms with Gasteiger partial charge in [0.25, 0.3) is 0 Å². The largest absolute Gasteiger partial charge is 0.386 e. The molecule has 2 rings (SSSR count). The Bertz CT molecular complexity index is 491. The minimum Gasteiger partial charge on any atom is -0.386 e. The number of hydrogen-bond donors (Lipinski definition) is 2. The SMILES string of the molecule is O[C@H](/C=C/c1ccccc1)[C@H](O)c1ccccc1. The zero-order valence-electron chi connectivity index (χ0n) is 9.98. The van der Waals surface area contributed by atoms with E-state index in [0.29, 0.717) is 5.56 Å². The highest BCUT2D eigenvalue weighted by molar-refractivity contribution is 5.49. The Balaban J connectivity index is 2.04. The molecule has 0 radical (unpaired) electrons. The van der Waals surface area contributed by atoms with Crippen molar-refractivity contribution < 1.29 is 10.2 Å². The van der Waals surface area contributed by atoms with Crippen LogP contribution in [-0.2, 0) is 0 Å². The van der Waals surface area contributed by atoms with Gasteiger partial charge in [-0.2, -0.15) is 0 Å². The van der Waals surface area contributed by atoms with E-state index >= 15 is 0 Å². The Kier molecular flexibility index (Phi) is 4.29. The van der Waals surface area contributed by atoms with Crippen LogP contribution in [0, 0.1) is 0 Å². The summed E-state index contributed by atoms with van der Waals surface area (Å²) in [5, 5.41) is 19.9. The molecule has 2 heteroatoms. The van der Waals surface area contributed by atoms with E-state index in [1.54, 1.807) is 24.3 Å². The van der Waals surface area contributed by atoms with Crippen LogP contribution in [-0.4, -0.2) is 16.3 Å². The first kappa shape index (κ1) is 12.6. The predicted octanol–water partition coefficient (Wildman–Crippen LogP) is 2.79. The molecule has 92 valence electrons. The summed E-state index contributed by atoms with van der Waals surface area (Å²) >= 11 is 0. The molecule has 18 heavy (non-hydrogen) atoms. The van der Waals surface area contributed by atoms with Crippen LogP contribution in [0.4, 0.5) is 0 Å². The molecule has 0 saturated carbocycles. The third-order valence-electron chi connectivity index (χ3n) is 2.75. The van der Waals surface area contributed by atoms with Gasteiger partial charge in [-0.1, -0.05) is 72.8 Å². The number of aliphatic hydroxyl groups is 2. The average Bonchev–Trinajstić information content (AvgIpc) is 2.46. The highest BCUT2D eigenvalue weighted by Gasteiger charge is 2.14. The smallest absolute Gasteiger partial charge is 0.108 e. The standard InChI is InChI=1S/C16H16O2/c17-15(12-11-13-7-3-1-4-8-13)16(18)14-9-5-2-6-10-14/h1-12,15-18H/b12-11+/t15-,16-/m1/s1. The summed E-state index contributed by atoms with van der Waals surface area (Å²) in [5.74, 6) is 0. The molecule has 0 unspecified atom stereocenters. The average molecular weight is 240 g/mol. The van der Waals surface area contributed by atoms with Crippen LogP contribution in [0.5, 0.6) is 0 Å². The summed E-state index contributed by atoms with van der Waals surface area (Å²) in [7, 11) is 0. The van der Waals surface area contributed by atoms with Crippen molar-refractivity contribution in [2.45, 2.75) is 12.2 Å². The van der Waals surface area contributed by atoms with Crippen LogP contribution >= 0.6 is 0 Å². The Hall–Kier alpha value is -1.90. The Morgan fingerprint density at radius 2 is 1.33 bits per heavy atom. The molecule has 2 nitrogen and oxygen atoms in total. The molecule has 0 amide bonds. The molecule has 0 bridgehead atoms. The van der Waals surface area contributed by atoms with Gasteiger partial charge in [-0.05, 0) is 11.1 Å². The highest BCUT2D eigenvalue weighted by atomic mass is 16.3. The van der Waals surface area contributed by atoms with Crippen molar-refractivity contribution in [1.82, 2.24) is 0 Å². The maximum atomic E-state index is 9.97. The third kappa shape index (κ3) is 3.29. The van der Waals surface area contributed by atoms with Crippen molar-refractivity contribution in [3.63, 3.8) is 0 Å². The zero-order chi connectivity index (χ0) is 12.8. The normalized spacial score (nSPS) is 14.6. The summed E-state index contributed by atoms with van der Waals surface area (Å²) in [4.78, 5) is 0. The minimum absolute atomic E-state index is 0.711. The van der Waals surface area contributed by atoms with Gasteiger partial charge in [-0.15, -0.1) is 0 Å². The summed E-state index contributed by atoms with van der Waals surface area (Å²) in [6.07, 6.45) is 1.60. The second-order valence-corrected chi connectivity index (χ2v) is 4.12. The van der Waals surface area contributed by atoms with Crippen molar-refractivity contribution in [1.29, 1.82) is 0 Å². The monoisotopic (exact) mass is 240 g/mol. The van der Waals surface area contributed by atoms with Crippen molar-refractivity contribution >= 4 is 6.08 Å². The molecule has 0 aliphatic rings. The molecule has 2 aromatic rings. The van der Waals surface area contributed by atoms with Crippen LogP contribution in [0.25, 0.3) is 6.08 Å². The molecule has 0 heterocycles.